The van der Waals surface area contributed by atoms with Gasteiger partial charge in [-0.05, 0) is 11.4 Å². The van der Waals surface area contributed by atoms with Crippen molar-refractivity contribution >= 4 is 40.1 Å². The van der Waals surface area contributed by atoms with Crippen LogP contribution in [0.5, 0.6) is 0 Å². The standard InChI is InChI=1S/C10H8ClNOS2/c11-5-9(13)8-6-15-10(12-8)4-7-2-1-3-14-7/h1-3,6H,4-5H2. The number of carbonyl (C=O) groups excluding carboxylic acids is 1. The van der Waals surface area contributed by atoms with Gasteiger partial charge in [-0.1, -0.05) is 6.07 Å². The number of Topliss-reactive ketones (excluding diaryl/α,β-unsaturated/α-hetero) is 1. The summed E-state index contributed by atoms with van der Waals surface area (Å²) in [6.07, 6.45) is 0.803. The van der Waals surface area contributed by atoms with E-state index in [0.717, 1.165) is 11.4 Å². The highest BCUT2D eigenvalue weighted by molar-refractivity contribution is 7.11. The largest absolute Gasteiger partial charge is 0.291 e. The second kappa shape index (κ2) is 4.88. The first-order valence-corrected chi connectivity index (χ1v) is 6.65. The van der Waals surface area contributed by atoms with Gasteiger partial charge in [0.25, 0.3) is 0 Å². The first-order chi connectivity index (χ1) is 7.29. The lowest BCUT2D eigenvalue weighted by Crippen LogP contribution is -2.00. The lowest BCUT2D eigenvalue weighted by molar-refractivity contribution is 0.101. The Labute approximate surface area is 101 Å². The maximum atomic E-state index is 11.2. The summed E-state index contributed by atoms with van der Waals surface area (Å²) in [5.74, 6) is -0.104. The van der Waals surface area contributed by atoms with Crippen LogP contribution in [0.25, 0.3) is 0 Å². The van der Waals surface area contributed by atoms with Crippen molar-refractivity contribution in [2.75, 3.05) is 5.88 Å². The molecule has 2 aromatic rings. The minimum absolute atomic E-state index is 0.00216. The summed E-state index contributed by atoms with van der Waals surface area (Å²) in [4.78, 5) is 16.7. The number of rotatable bonds is 4. The zero-order valence-corrected chi connectivity index (χ0v) is 10.2. The molecule has 2 heterocycles. The molecular formula is C10H8ClNOS2. The van der Waals surface area contributed by atoms with Crippen molar-refractivity contribution in [3.05, 3.63) is 38.5 Å². The molecule has 0 spiro atoms. The Morgan fingerprint density at radius 2 is 2.33 bits per heavy atom. The maximum absolute atomic E-state index is 11.2. The fourth-order valence-corrected chi connectivity index (χ4v) is 2.91. The van der Waals surface area contributed by atoms with E-state index in [-0.39, 0.29) is 11.7 Å². The summed E-state index contributed by atoms with van der Waals surface area (Å²) in [6, 6.07) is 4.08. The number of nitrogens with zero attached hydrogens (tertiary/aromatic N) is 1. The normalized spacial score (nSPS) is 10.5. The summed E-state index contributed by atoms with van der Waals surface area (Å²) in [5.41, 5.74) is 0.488. The van der Waals surface area contributed by atoms with Gasteiger partial charge in [0.15, 0.2) is 5.78 Å². The minimum atomic E-state index is -0.106. The van der Waals surface area contributed by atoms with E-state index in [2.05, 4.69) is 11.1 Å². The molecule has 0 saturated heterocycles. The van der Waals surface area contributed by atoms with Gasteiger partial charge in [0.2, 0.25) is 0 Å². The molecule has 0 atom stereocenters. The van der Waals surface area contributed by atoms with Gasteiger partial charge < -0.3 is 0 Å². The van der Waals surface area contributed by atoms with Gasteiger partial charge in [-0.25, -0.2) is 4.98 Å². The second-order valence-electron chi connectivity index (χ2n) is 2.94. The van der Waals surface area contributed by atoms with Crippen molar-refractivity contribution in [3.8, 4) is 0 Å². The molecule has 2 rings (SSSR count). The number of hydrogen-bond acceptors (Lipinski definition) is 4. The first kappa shape index (κ1) is 10.8. The zero-order valence-electron chi connectivity index (χ0n) is 7.77. The predicted molar refractivity (Wildman–Crippen MR) is 64.3 cm³/mol. The Morgan fingerprint density at radius 3 is 3.00 bits per heavy atom. The molecule has 0 bridgehead atoms. The molecule has 0 amide bonds. The highest BCUT2D eigenvalue weighted by Gasteiger charge is 2.09. The monoisotopic (exact) mass is 257 g/mol. The lowest BCUT2D eigenvalue weighted by Gasteiger charge is -1.91. The third-order valence-electron chi connectivity index (χ3n) is 1.86. The summed E-state index contributed by atoms with van der Waals surface area (Å²) < 4.78 is 0. The van der Waals surface area contributed by atoms with Gasteiger partial charge >= 0.3 is 0 Å². The SMILES string of the molecule is O=C(CCl)c1csc(Cc2cccs2)n1. The Bertz CT molecular complexity index is 450. The van der Waals surface area contributed by atoms with E-state index in [0.29, 0.717) is 5.69 Å². The van der Waals surface area contributed by atoms with Crippen molar-refractivity contribution in [2.24, 2.45) is 0 Å². The molecule has 0 unspecified atom stereocenters. The van der Waals surface area contributed by atoms with E-state index >= 15 is 0 Å². The Kier molecular flexibility index (Phi) is 3.51. The number of thiophene rings is 1. The fourth-order valence-electron chi connectivity index (χ4n) is 1.15. The lowest BCUT2D eigenvalue weighted by atomic mass is 10.3. The van der Waals surface area contributed by atoms with Crippen LogP contribution in [0.15, 0.2) is 22.9 Å². The zero-order chi connectivity index (χ0) is 10.7. The topological polar surface area (TPSA) is 30.0 Å². The van der Waals surface area contributed by atoms with Gasteiger partial charge in [0.1, 0.15) is 5.69 Å². The van der Waals surface area contributed by atoms with Crippen LogP contribution in [-0.4, -0.2) is 16.6 Å². The molecule has 0 aliphatic heterocycles. The summed E-state index contributed by atoms with van der Waals surface area (Å²) in [7, 11) is 0. The van der Waals surface area contributed by atoms with E-state index in [1.807, 2.05) is 11.4 Å². The molecule has 0 N–H and O–H groups in total. The number of halogens is 1. The fraction of sp³-hybridized carbons (Fsp3) is 0.200. The quantitative estimate of drug-likeness (QED) is 0.622. The van der Waals surface area contributed by atoms with Crippen molar-refractivity contribution in [2.45, 2.75) is 6.42 Å². The van der Waals surface area contributed by atoms with Crippen LogP contribution < -0.4 is 0 Å². The molecule has 0 radical (unpaired) electrons. The number of ketones is 1. The molecule has 5 heteroatoms. The van der Waals surface area contributed by atoms with Crippen LogP contribution in [0.2, 0.25) is 0 Å². The summed E-state index contributed by atoms with van der Waals surface area (Å²) in [6.45, 7) is 0. The second-order valence-corrected chi connectivity index (χ2v) is 5.18. The number of carbonyl (C=O) groups is 1. The first-order valence-electron chi connectivity index (χ1n) is 4.35. The third-order valence-corrected chi connectivity index (χ3v) is 3.83. The molecular weight excluding hydrogens is 250 g/mol. The maximum Gasteiger partial charge on any atom is 0.196 e. The van der Waals surface area contributed by atoms with Crippen LogP contribution in [0.3, 0.4) is 0 Å². The average Bonchev–Trinajstić information content (AvgIpc) is 2.88. The molecule has 0 fully saturated rings. The Balaban J connectivity index is 2.11. The summed E-state index contributed by atoms with van der Waals surface area (Å²) in [5, 5.41) is 4.77. The predicted octanol–water partition coefficient (Wildman–Crippen LogP) is 3.22. The van der Waals surface area contributed by atoms with E-state index in [9.17, 15) is 4.79 Å². The van der Waals surface area contributed by atoms with Crippen molar-refractivity contribution in [3.63, 3.8) is 0 Å². The molecule has 2 aromatic heterocycles. The van der Waals surface area contributed by atoms with E-state index in [1.54, 1.807) is 16.7 Å². The average molecular weight is 258 g/mol. The molecule has 0 saturated carbocycles. The molecule has 0 aliphatic carbocycles. The highest BCUT2D eigenvalue weighted by Crippen LogP contribution is 2.18. The van der Waals surface area contributed by atoms with Gasteiger partial charge in [-0.3, -0.25) is 4.79 Å². The third kappa shape index (κ3) is 2.65. The Hall–Kier alpha value is -0.710. The van der Waals surface area contributed by atoms with E-state index < -0.39 is 0 Å². The number of hydrogen-bond donors (Lipinski definition) is 0. The molecule has 15 heavy (non-hydrogen) atoms. The number of alkyl halides is 1. The molecule has 0 aromatic carbocycles. The Morgan fingerprint density at radius 1 is 1.47 bits per heavy atom. The van der Waals surface area contributed by atoms with E-state index in [4.69, 9.17) is 11.6 Å². The molecule has 2 nitrogen and oxygen atoms in total. The van der Waals surface area contributed by atoms with Crippen LogP contribution in [-0.2, 0) is 6.42 Å². The van der Waals surface area contributed by atoms with Crippen LogP contribution in [0.4, 0.5) is 0 Å². The number of thiazole rings is 1. The highest BCUT2D eigenvalue weighted by atomic mass is 35.5. The smallest absolute Gasteiger partial charge is 0.196 e. The van der Waals surface area contributed by atoms with Crippen LogP contribution in [0, 0.1) is 0 Å². The molecule has 0 aliphatic rings. The van der Waals surface area contributed by atoms with E-state index in [1.165, 1.54) is 16.2 Å². The van der Waals surface area contributed by atoms with Gasteiger partial charge in [0.05, 0.1) is 10.9 Å². The van der Waals surface area contributed by atoms with Gasteiger partial charge in [0, 0.05) is 16.7 Å². The van der Waals surface area contributed by atoms with Crippen molar-refractivity contribution in [1.82, 2.24) is 4.98 Å². The van der Waals surface area contributed by atoms with Crippen LogP contribution in [0.1, 0.15) is 20.4 Å². The van der Waals surface area contributed by atoms with Crippen LogP contribution >= 0.6 is 34.3 Å². The van der Waals surface area contributed by atoms with Gasteiger partial charge in [-0.15, -0.1) is 34.3 Å². The summed E-state index contributed by atoms with van der Waals surface area (Å²) >= 11 is 8.66. The molecule has 78 valence electrons. The minimum Gasteiger partial charge on any atom is -0.291 e. The van der Waals surface area contributed by atoms with Gasteiger partial charge in [-0.2, -0.15) is 0 Å². The van der Waals surface area contributed by atoms with Crippen molar-refractivity contribution in [1.29, 1.82) is 0 Å². The van der Waals surface area contributed by atoms with Crippen molar-refractivity contribution < 1.29 is 4.79 Å². The number of aromatic nitrogens is 1.